The molecule has 0 heterocycles. The number of alkyl halides is 1. The van der Waals surface area contributed by atoms with E-state index < -0.39 is 0 Å². The van der Waals surface area contributed by atoms with Crippen LogP contribution in [0.15, 0.2) is 48.5 Å². The van der Waals surface area contributed by atoms with Crippen molar-refractivity contribution in [3.63, 3.8) is 0 Å². The lowest BCUT2D eigenvalue weighted by Gasteiger charge is -2.11. The third kappa shape index (κ3) is 3.61. The van der Waals surface area contributed by atoms with E-state index in [1.54, 1.807) is 7.11 Å². The van der Waals surface area contributed by atoms with Crippen LogP contribution in [0.4, 0.5) is 5.69 Å². The number of anilines is 1. The first-order valence-electron chi connectivity index (χ1n) is 6.30. The SMILES string of the molecule is COc1ccccc1CC(=O)Nc1ccccc1CBr. The first-order valence-corrected chi connectivity index (χ1v) is 7.42. The van der Waals surface area contributed by atoms with Gasteiger partial charge in [-0.3, -0.25) is 4.79 Å². The topological polar surface area (TPSA) is 38.3 Å². The third-order valence-corrected chi connectivity index (χ3v) is 3.58. The van der Waals surface area contributed by atoms with E-state index in [-0.39, 0.29) is 5.91 Å². The highest BCUT2D eigenvalue weighted by atomic mass is 79.9. The van der Waals surface area contributed by atoms with Gasteiger partial charge in [0.05, 0.1) is 13.5 Å². The average Bonchev–Trinajstić information content (AvgIpc) is 2.48. The van der Waals surface area contributed by atoms with Gasteiger partial charge in [-0.05, 0) is 17.7 Å². The molecule has 1 amide bonds. The maximum absolute atomic E-state index is 12.1. The molecule has 20 heavy (non-hydrogen) atoms. The molecule has 0 aliphatic carbocycles. The molecular weight excluding hydrogens is 318 g/mol. The molecule has 0 aliphatic heterocycles. The molecule has 0 spiro atoms. The maximum Gasteiger partial charge on any atom is 0.228 e. The molecule has 2 aromatic rings. The van der Waals surface area contributed by atoms with Gasteiger partial charge in [-0.15, -0.1) is 0 Å². The molecule has 2 rings (SSSR count). The molecule has 2 aromatic carbocycles. The molecule has 0 aliphatic rings. The average molecular weight is 334 g/mol. The van der Waals surface area contributed by atoms with E-state index in [0.29, 0.717) is 11.8 Å². The van der Waals surface area contributed by atoms with Gasteiger partial charge in [-0.2, -0.15) is 0 Å². The molecule has 4 heteroatoms. The van der Waals surface area contributed by atoms with E-state index >= 15 is 0 Å². The molecular formula is C16H16BrNO2. The van der Waals surface area contributed by atoms with Crippen molar-refractivity contribution in [2.24, 2.45) is 0 Å². The number of para-hydroxylation sites is 2. The van der Waals surface area contributed by atoms with Gasteiger partial charge in [0, 0.05) is 16.6 Å². The zero-order valence-electron chi connectivity index (χ0n) is 11.2. The largest absolute Gasteiger partial charge is 0.496 e. The summed E-state index contributed by atoms with van der Waals surface area (Å²) in [6.07, 6.45) is 0.292. The van der Waals surface area contributed by atoms with Crippen LogP contribution in [0, 0.1) is 0 Å². The second kappa shape index (κ2) is 7.10. The maximum atomic E-state index is 12.1. The minimum atomic E-state index is -0.0529. The van der Waals surface area contributed by atoms with Gasteiger partial charge in [-0.1, -0.05) is 52.3 Å². The lowest BCUT2D eigenvalue weighted by Crippen LogP contribution is -2.15. The fourth-order valence-electron chi connectivity index (χ4n) is 1.98. The monoisotopic (exact) mass is 333 g/mol. The van der Waals surface area contributed by atoms with Crippen LogP contribution in [0.5, 0.6) is 5.75 Å². The van der Waals surface area contributed by atoms with E-state index in [2.05, 4.69) is 21.2 Å². The second-order valence-corrected chi connectivity index (χ2v) is 4.89. The Hall–Kier alpha value is -1.81. The Kier molecular flexibility index (Phi) is 5.18. The molecule has 0 saturated heterocycles. The van der Waals surface area contributed by atoms with Gasteiger partial charge in [0.2, 0.25) is 5.91 Å². The molecule has 0 atom stereocenters. The normalized spacial score (nSPS) is 10.1. The van der Waals surface area contributed by atoms with E-state index in [4.69, 9.17) is 4.74 Å². The number of halogens is 1. The quantitative estimate of drug-likeness (QED) is 0.846. The number of benzene rings is 2. The van der Waals surface area contributed by atoms with Gasteiger partial charge in [0.25, 0.3) is 0 Å². The van der Waals surface area contributed by atoms with Gasteiger partial charge >= 0.3 is 0 Å². The Morgan fingerprint density at radius 3 is 2.45 bits per heavy atom. The van der Waals surface area contributed by atoms with Gasteiger partial charge < -0.3 is 10.1 Å². The van der Waals surface area contributed by atoms with Crippen molar-refractivity contribution >= 4 is 27.5 Å². The zero-order valence-corrected chi connectivity index (χ0v) is 12.8. The summed E-state index contributed by atoms with van der Waals surface area (Å²) in [4.78, 5) is 12.1. The molecule has 0 bridgehead atoms. The van der Waals surface area contributed by atoms with Crippen molar-refractivity contribution in [3.05, 3.63) is 59.7 Å². The lowest BCUT2D eigenvalue weighted by atomic mass is 10.1. The van der Waals surface area contributed by atoms with Crippen molar-refractivity contribution < 1.29 is 9.53 Å². The summed E-state index contributed by atoms with van der Waals surface area (Å²) < 4.78 is 5.25. The molecule has 1 N–H and O–H groups in total. The smallest absolute Gasteiger partial charge is 0.228 e. The number of ether oxygens (including phenoxy) is 1. The molecule has 0 unspecified atom stereocenters. The van der Waals surface area contributed by atoms with Crippen LogP contribution in [0.2, 0.25) is 0 Å². The van der Waals surface area contributed by atoms with Crippen LogP contribution in [-0.2, 0) is 16.5 Å². The highest BCUT2D eigenvalue weighted by Gasteiger charge is 2.09. The second-order valence-electron chi connectivity index (χ2n) is 4.33. The summed E-state index contributed by atoms with van der Waals surface area (Å²) in [6.45, 7) is 0. The number of amides is 1. The van der Waals surface area contributed by atoms with E-state index in [1.807, 2.05) is 48.5 Å². The predicted octanol–water partition coefficient (Wildman–Crippen LogP) is 3.77. The number of methoxy groups -OCH3 is 1. The van der Waals surface area contributed by atoms with Crippen LogP contribution in [0.25, 0.3) is 0 Å². The lowest BCUT2D eigenvalue weighted by molar-refractivity contribution is -0.115. The number of nitrogens with one attached hydrogen (secondary N) is 1. The van der Waals surface area contributed by atoms with Crippen molar-refractivity contribution in [2.75, 3.05) is 12.4 Å². The number of carbonyl (C=O) groups excluding carboxylic acids is 1. The number of carbonyl (C=O) groups is 1. The van der Waals surface area contributed by atoms with Crippen molar-refractivity contribution in [2.45, 2.75) is 11.8 Å². The van der Waals surface area contributed by atoms with Gasteiger partial charge in [0.1, 0.15) is 5.75 Å². The Bertz CT molecular complexity index is 547. The summed E-state index contributed by atoms with van der Waals surface area (Å²) >= 11 is 3.42. The van der Waals surface area contributed by atoms with Crippen LogP contribution in [0.1, 0.15) is 11.1 Å². The first-order chi connectivity index (χ1) is 9.74. The summed E-state index contributed by atoms with van der Waals surface area (Å²) in [6, 6.07) is 15.3. The third-order valence-electron chi connectivity index (χ3n) is 2.98. The highest BCUT2D eigenvalue weighted by Crippen LogP contribution is 2.20. The zero-order chi connectivity index (χ0) is 14.4. The molecule has 0 fully saturated rings. The minimum Gasteiger partial charge on any atom is -0.496 e. The fraction of sp³-hybridized carbons (Fsp3) is 0.188. The van der Waals surface area contributed by atoms with Crippen molar-refractivity contribution in [3.8, 4) is 5.75 Å². The van der Waals surface area contributed by atoms with Crippen molar-refractivity contribution in [1.82, 2.24) is 0 Å². The Balaban J connectivity index is 2.09. The summed E-state index contributed by atoms with van der Waals surface area (Å²) in [5.74, 6) is 0.680. The van der Waals surface area contributed by atoms with Crippen LogP contribution < -0.4 is 10.1 Å². The van der Waals surface area contributed by atoms with Crippen LogP contribution >= 0.6 is 15.9 Å². The number of rotatable bonds is 5. The van der Waals surface area contributed by atoms with E-state index in [1.165, 1.54) is 0 Å². The Morgan fingerprint density at radius 2 is 1.75 bits per heavy atom. The Morgan fingerprint density at radius 1 is 1.10 bits per heavy atom. The van der Waals surface area contributed by atoms with Crippen LogP contribution in [-0.4, -0.2) is 13.0 Å². The molecule has 0 aromatic heterocycles. The van der Waals surface area contributed by atoms with E-state index in [0.717, 1.165) is 22.6 Å². The number of hydrogen-bond acceptors (Lipinski definition) is 2. The standard InChI is InChI=1S/C16H16BrNO2/c1-20-15-9-5-3-6-12(15)10-16(19)18-14-8-4-2-7-13(14)11-17/h2-9H,10-11H2,1H3,(H,18,19). The Labute approximate surface area is 127 Å². The first kappa shape index (κ1) is 14.6. The minimum absolute atomic E-state index is 0.0529. The summed E-state index contributed by atoms with van der Waals surface area (Å²) in [5.41, 5.74) is 2.77. The molecule has 104 valence electrons. The van der Waals surface area contributed by atoms with Crippen molar-refractivity contribution in [1.29, 1.82) is 0 Å². The van der Waals surface area contributed by atoms with Gasteiger partial charge in [0.15, 0.2) is 0 Å². The molecule has 0 saturated carbocycles. The molecule has 3 nitrogen and oxygen atoms in total. The van der Waals surface area contributed by atoms with E-state index in [9.17, 15) is 4.79 Å². The fourth-order valence-corrected chi connectivity index (χ4v) is 2.46. The number of hydrogen-bond donors (Lipinski definition) is 1. The van der Waals surface area contributed by atoms with Gasteiger partial charge in [-0.25, -0.2) is 0 Å². The summed E-state index contributed by atoms with van der Waals surface area (Å²) in [7, 11) is 1.61. The predicted molar refractivity (Wildman–Crippen MR) is 84.4 cm³/mol. The van der Waals surface area contributed by atoms with Crippen LogP contribution in [0.3, 0.4) is 0 Å². The summed E-state index contributed by atoms with van der Waals surface area (Å²) in [5, 5.41) is 3.64. The molecule has 0 radical (unpaired) electrons. The highest BCUT2D eigenvalue weighted by molar-refractivity contribution is 9.08.